The van der Waals surface area contributed by atoms with Crippen LogP contribution in [0.2, 0.25) is 5.02 Å². The highest BCUT2D eigenvalue weighted by Gasteiger charge is 2.28. The van der Waals surface area contributed by atoms with E-state index >= 15 is 0 Å². The fourth-order valence-electron chi connectivity index (χ4n) is 3.36. The number of benzene rings is 2. The van der Waals surface area contributed by atoms with Crippen molar-refractivity contribution < 1.29 is 19.1 Å². The van der Waals surface area contributed by atoms with Crippen molar-refractivity contribution >= 4 is 23.4 Å². The van der Waals surface area contributed by atoms with E-state index in [9.17, 15) is 9.59 Å². The molecule has 7 heteroatoms. The highest BCUT2D eigenvalue weighted by molar-refractivity contribution is 6.30. The van der Waals surface area contributed by atoms with E-state index in [1.54, 1.807) is 24.1 Å². The van der Waals surface area contributed by atoms with Gasteiger partial charge in [0.25, 0.3) is 0 Å². The minimum absolute atomic E-state index is 0.0742. The molecular formula is C26H35ClN2O4. The molecule has 0 aliphatic carbocycles. The van der Waals surface area contributed by atoms with Crippen molar-refractivity contribution in [2.24, 2.45) is 5.92 Å². The Kier molecular flexibility index (Phi) is 11.0. The van der Waals surface area contributed by atoms with E-state index in [2.05, 4.69) is 5.32 Å². The number of amides is 2. The van der Waals surface area contributed by atoms with E-state index in [-0.39, 0.29) is 18.2 Å². The lowest BCUT2D eigenvalue weighted by molar-refractivity contribution is -0.141. The van der Waals surface area contributed by atoms with E-state index in [1.807, 2.05) is 57.2 Å². The number of nitrogens with one attached hydrogen (secondary N) is 1. The summed E-state index contributed by atoms with van der Waals surface area (Å²) in [6.45, 7) is 7.34. The van der Waals surface area contributed by atoms with Crippen molar-refractivity contribution in [2.45, 2.75) is 52.6 Å². The Morgan fingerprint density at radius 3 is 2.24 bits per heavy atom. The molecule has 2 aromatic carbocycles. The predicted molar refractivity (Wildman–Crippen MR) is 132 cm³/mol. The van der Waals surface area contributed by atoms with E-state index < -0.39 is 6.04 Å². The van der Waals surface area contributed by atoms with Gasteiger partial charge in [-0.05, 0) is 60.7 Å². The maximum Gasteiger partial charge on any atom is 0.242 e. The monoisotopic (exact) mass is 474 g/mol. The molecule has 0 aromatic heterocycles. The summed E-state index contributed by atoms with van der Waals surface area (Å²) < 4.78 is 10.9. The zero-order valence-corrected chi connectivity index (χ0v) is 20.7. The van der Waals surface area contributed by atoms with Crippen molar-refractivity contribution in [3.8, 4) is 11.5 Å². The van der Waals surface area contributed by atoms with Gasteiger partial charge in [0.05, 0.1) is 13.7 Å². The number of hydrogen-bond acceptors (Lipinski definition) is 4. The Labute approximate surface area is 202 Å². The second-order valence-corrected chi connectivity index (χ2v) is 8.78. The maximum atomic E-state index is 13.2. The quantitative estimate of drug-likeness (QED) is 0.411. The summed E-state index contributed by atoms with van der Waals surface area (Å²) in [6, 6.07) is 14.1. The molecule has 1 unspecified atom stereocenters. The molecule has 180 valence electrons. The summed E-state index contributed by atoms with van der Waals surface area (Å²) in [5.74, 6) is 1.62. The zero-order chi connectivity index (χ0) is 24.2. The topological polar surface area (TPSA) is 67.9 Å². The van der Waals surface area contributed by atoms with Crippen LogP contribution in [-0.2, 0) is 16.1 Å². The van der Waals surface area contributed by atoms with Crippen LogP contribution in [0.25, 0.3) is 0 Å². The molecule has 0 heterocycles. The van der Waals surface area contributed by atoms with Gasteiger partial charge in [-0.2, -0.15) is 0 Å². The number of rotatable bonds is 13. The molecule has 33 heavy (non-hydrogen) atoms. The van der Waals surface area contributed by atoms with Gasteiger partial charge >= 0.3 is 0 Å². The lowest BCUT2D eigenvalue weighted by Crippen LogP contribution is -2.49. The molecule has 0 bridgehead atoms. The van der Waals surface area contributed by atoms with Crippen LogP contribution in [0.1, 0.15) is 45.6 Å². The van der Waals surface area contributed by atoms with Gasteiger partial charge in [0.15, 0.2) is 0 Å². The average Bonchev–Trinajstić information content (AvgIpc) is 2.81. The van der Waals surface area contributed by atoms with Gasteiger partial charge in [0.2, 0.25) is 11.8 Å². The highest BCUT2D eigenvalue weighted by atomic mass is 35.5. The fraction of sp³-hybridized carbons (Fsp3) is 0.462. The van der Waals surface area contributed by atoms with Gasteiger partial charge in [-0.15, -0.1) is 0 Å². The van der Waals surface area contributed by atoms with E-state index in [0.717, 1.165) is 17.1 Å². The van der Waals surface area contributed by atoms with Crippen molar-refractivity contribution in [1.29, 1.82) is 0 Å². The predicted octanol–water partition coefficient (Wildman–Crippen LogP) is 5.09. The average molecular weight is 475 g/mol. The molecule has 0 fully saturated rings. The van der Waals surface area contributed by atoms with E-state index in [0.29, 0.717) is 43.5 Å². The highest BCUT2D eigenvalue weighted by Crippen LogP contribution is 2.19. The standard InChI is InChI=1S/C26H35ClN2O4/c1-5-24(26(31)28-17-19(2)3)29(18-20-8-10-21(27)11-9-20)25(30)7-6-16-33-23-14-12-22(32-4)13-15-23/h8-15,19,24H,5-7,16-18H2,1-4H3,(H,28,31). The van der Waals surface area contributed by atoms with Gasteiger partial charge in [0, 0.05) is 24.5 Å². The number of methoxy groups -OCH3 is 1. The summed E-state index contributed by atoms with van der Waals surface area (Å²) in [5, 5.41) is 3.61. The van der Waals surface area contributed by atoms with Crippen LogP contribution < -0.4 is 14.8 Å². The molecule has 2 amide bonds. The van der Waals surface area contributed by atoms with Crippen LogP contribution >= 0.6 is 11.6 Å². The first-order valence-electron chi connectivity index (χ1n) is 11.4. The van der Waals surface area contributed by atoms with Crippen LogP contribution in [0.4, 0.5) is 0 Å². The van der Waals surface area contributed by atoms with Gasteiger partial charge in [0.1, 0.15) is 17.5 Å². The largest absolute Gasteiger partial charge is 0.497 e. The van der Waals surface area contributed by atoms with Gasteiger partial charge in [-0.3, -0.25) is 9.59 Å². The summed E-state index contributed by atoms with van der Waals surface area (Å²) in [7, 11) is 1.62. The summed E-state index contributed by atoms with van der Waals surface area (Å²) in [5.41, 5.74) is 0.928. The summed E-state index contributed by atoms with van der Waals surface area (Å²) in [4.78, 5) is 27.7. The first kappa shape index (κ1) is 26.5. The smallest absolute Gasteiger partial charge is 0.242 e. The van der Waals surface area contributed by atoms with Crippen molar-refractivity contribution in [1.82, 2.24) is 10.2 Å². The lowest BCUT2D eigenvalue weighted by Gasteiger charge is -2.31. The number of carbonyl (C=O) groups excluding carboxylic acids is 2. The Morgan fingerprint density at radius 1 is 1.03 bits per heavy atom. The van der Waals surface area contributed by atoms with Crippen molar-refractivity contribution in [2.75, 3.05) is 20.3 Å². The molecule has 2 rings (SSSR count). The van der Waals surface area contributed by atoms with Crippen LogP contribution in [0.3, 0.4) is 0 Å². The van der Waals surface area contributed by atoms with Crippen molar-refractivity contribution in [3.05, 3.63) is 59.1 Å². The van der Waals surface area contributed by atoms with Crippen molar-refractivity contribution in [3.63, 3.8) is 0 Å². The lowest BCUT2D eigenvalue weighted by atomic mass is 10.1. The number of carbonyl (C=O) groups is 2. The van der Waals surface area contributed by atoms with Crippen LogP contribution in [0.5, 0.6) is 11.5 Å². The summed E-state index contributed by atoms with van der Waals surface area (Å²) in [6.07, 6.45) is 1.37. The molecule has 1 N–H and O–H groups in total. The second-order valence-electron chi connectivity index (χ2n) is 8.34. The molecule has 0 radical (unpaired) electrons. The van der Waals surface area contributed by atoms with E-state index in [1.165, 1.54) is 0 Å². The third-order valence-electron chi connectivity index (χ3n) is 5.20. The zero-order valence-electron chi connectivity index (χ0n) is 20.0. The van der Waals surface area contributed by atoms with Gasteiger partial charge in [-0.25, -0.2) is 0 Å². The Bertz CT molecular complexity index is 869. The minimum atomic E-state index is -0.533. The number of halogens is 1. The normalized spacial score (nSPS) is 11.7. The Morgan fingerprint density at radius 2 is 1.67 bits per heavy atom. The molecule has 0 spiro atoms. The number of ether oxygens (including phenoxy) is 2. The molecule has 0 aliphatic rings. The number of nitrogens with zero attached hydrogens (tertiary/aromatic N) is 1. The Balaban J connectivity index is 2.02. The molecular weight excluding hydrogens is 440 g/mol. The third kappa shape index (κ3) is 8.97. The first-order valence-corrected chi connectivity index (χ1v) is 11.8. The fourth-order valence-corrected chi connectivity index (χ4v) is 3.48. The maximum absolute atomic E-state index is 13.2. The molecule has 0 saturated heterocycles. The minimum Gasteiger partial charge on any atom is -0.497 e. The van der Waals surface area contributed by atoms with Gasteiger partial charge < -0.3 is 19.7 Å². The first-order chi connectivity index (χ1) is 15.8. The SMILES string of the molecule is CCC(C(=O)NCC(C)C)N(Cc1ccc(Cl)cc1)C(=O)CCCOc1ccc(OC)cc1. The van der Waals surface area contributed by atoms with Crippen LogP contribution in [0.15, 0.2) is 48.5 Å². The van der Waals surface area contributed by atoms with E-state index in [4.69, 9.17) is 21.1 Å². The molecule has 2 aromatic rings. The number of hydrogen-bond donors (Lipinski definition) is 1. The van der Waals surface area contributed by atoms with Gasteiger partial charge in [-0.1, -0.05) is 44.5 Å². The van der Waals surface area contributed by atoms with Crippen LogP contribution in [-0.4, -0.2) is 43.0 Å². The molecule has 0 saturated carbocycles. The Hall–Kier alpha value is -2.73. The third-order valence-corrected chi connectivity index (χ3v) is 5.45. The molecule has 0 aliphatic heterocycles. The molecule has 1 atom stereocenters. The summed E-state index contributed by atoms with van der Waals surface area (Å²) >= 11 is 6.01. The second kappa shape index (κ2) is 13.7. The molecule has 6 nitrogen and oxygen atoms in total. The van der Waals surface area contributed by atoms with Crippen LogP contribution in [0, 0.1) is 5.92 Å².